The average molecular weight is 288 g/mol. The van der Waals surface area contributed by atoms with Gasteiger partial charge >= 0.3 is 6.03 Å². The Bertz CT molecular complexity index is 546. The van der Waals surface area contributed by atoms with Crippen LogP contribution >= 0.6 is 0 Å². The Morgan fingerprint density at radius 3 is 2.71 bits per heavy atom. The maximum atomic E-state index is 12.3. The molecule has 6 nitrogen and oxygen atoms in total. The molecule has 0 radical (unpaired) electrons. The predicted molar refractivity (Wildman–Crippen MR) is 77.4 cm³/mol. The van der Waals surface area contributed by atoms with E-state index in [9.17, 15) is 9.59 Å². The summed E-state index contributed by atoms with van der Waals surface area (Å²) in [6.45, 7) is 1.33. The molecule has 2 fully saturated rings. The number of hydrogen-bond acceptors (Lipinski definition) is 3. The number of urea groups is 1. The number of likely N-dealkylation sites (tertiary alicyclic amines) is 2. The molecule has 0 saturated carbocycles. The molecule has 0 spiro atoms. The maximum Gasteiger partial charge on any atom is 0.319 e. The molecular formula is C15H20N4O2. The molecule has 3 heterocycles. The number of nitrogens with zero attached hydrogens (tertiary/aromatic N) is 4. The first kappa shape index (κ1) is 13.9. The Hall–Kier alpha value is -2.11. The van der Waals surface area contributed by atoms with Gasteiger partial charge < -0.3 is 14.7 Å². The first-order valence-corrected chi connectivity index (χ1v) is 7.24. The zero-order valence-corrected chi connectivity index (χ0v) is 12.4. The topological polar surface area (TPSA) is 56.8 Å². The molecule has 0 aliphatic carbocycles. The quantitative estimate of drug-likeness (QED) is 0.814. The van der Waals surface area contributed by atoms with Crippen LogP contribution in [0.2, 0.25) is 0 Å². The summed E-state index contributed by atoms with van der Waals surface area (Å²) in [6.07, 6.45) is 4.78. The smallest absolute Gasteiger partial charge is 0.319 e. The highest BCUT2D eigenvalue weighted by atomic mass is 16.2. The monoisotopic (exact) mass is 288 g/mol. The van der Waals surface area contributed by atoms with Crippen molar-refractivity contribution in [1.29, 1.82) is 0 Å². The van der Waals surface area contributed by atoms with E-state index in [1.165, 1.54) is 0 Å². The zero-order valence-electron chi connectivity index (χ0n) is 12.4. The van der Waals surface area contributed by atoms with Crippen molar-refractivity contribution in [3.05, 3.63) is 30.1 Å². The third-order valence-electron chi connectivity index (χ3n) is 4.35. The lowest BCUT2D eigenvalue weighted by Crippen LogP contribution is -2.44. The summed E-state index contributed by atoms with van der Waals surface area (Å²) in [7, 11) is 3.50. The van der Waals surface area contributed by atoms with Crippen LogP contribution in [0.5, 0.6) is 0 Å². The van der Waals surface area contributed by atoms with Crippen molar-refractivity contribution < 1.29 is 9.59 Å². The summed E-state index contributed by atoms with van der Waals surface area (Å²) in [4.78, 5) is 33.8. The molecule has 2 aliphatic heterocycles. The highest BCUT2D eigenvalue weighted by Crippen LogP contribution is 2.33. The summed E-state index contributed by atoms with van der Waals surface area (Å²) < 4.78 is 0. The number of carbonyl (C=O) groups excluding carboxylic acids is 2. The minimum atomic E-state index is 0.000983. The first-order valence-electron chi connectivity index (χ1n) is 7.24. The summed E-state index contributed by atoms with van der Waals surface area (Å²) in [6, 6.07) is 4.03. The molecule has 3 rings (SSSR count). The predicted octanol–water partition coefficient (Wildman–Crippen LogP) is 0.938. The lowest BCUT2D eigenvalue weighted by atomic mass is 10.1. The van der Waals surface area contributed by atoms with Gasteiger partial charge in [-0.15, -0.1) is 0 Å². The van der Waals surface area contributed by atoms with Gasteiger partial charge in [0, 0.05) is 46.0 Å². The Labute approximate surface area is 124 Å². The second-order valence-electron chi connectivity index (χ2n) is 5.87. The fraction of sp³-hybridized carbons (Fsp3) is 0.533. The molecule has 2 aliphatic rings. The van der Waals surface area contributed by atoms with Crippen molar-refractivity contribution in [2.75, 3.05) is 20.6 Å². The first-order chi connectivity index (χ1) is 10.1. The van der Waals surface area contributed by atoms with Crippen LogP contribution in [-0.2, 0) is 11.3 Å². The molecule has 1 aromatic heterocycles. The van der Waals surface area contributed by atoms with E-state index >= 15 is 0 Å². The van der Waals surface area contributed by atoms with E-state index in [1.807, 2.05) is 21.9 Å². The fourth-order valence-corrected chi connectivity index (χ4v) is 3.31. The number of carbonyl (C=O) groups is 2. The second-order valence-corrected chi connectivity index (χ2v) is 5.87. The molecular weight excluding hydrogens is 268 g/mol. The van der Waals surface area contributed by atoms with Crippen LogP contribution in [0.25, 0.3) is 0 Å². The van der Waals surface area contributed by atoms with Gasteiger partial charge in [0.2, 0.25) is 5.91 Å². The third kappa shape index (κ3) is 2.46. The summed E-state index contributed by atoms with van der Waals surface area (Å²) in [5.74, 6) is 0.137. The summed E-state index contributed by atoms with van der Waals surface area (Å²) in [5.41, 5.74) is 1.08. The summed E-state index contributed by atoms with van der Waals surface area (Å²) >= 11 is 0. The number of amides is 3. The molecule has 2 saturated heterocycles. The third-order valence-corrected chi connectivity index (χ3v) is 4.35. The van der Waals surface area contributed by atoms with Crippen LogP contribution in [0.3, 0.4) is 0 Å². The van der Waals surface area contributed by atoms with Crippen LogP contribution in [0.4, 0.5) is 4.79 Å². The van der Waals surface area contributed by atoms with Gasteiger partial charge in [-0.2, -0.15) is 0 Å². The molecule has 0 aromatic carbocycles. The van der Waals surface area contributed by atoms with Crippen molar-refractivity contribution in [2.24, 2.45) is 0 Å². The standard InChI is InChI=1S/C15H20N4O2/c1-17(2)15(21)18-8-5-12-13(18)9-14(20)19(12)10-11-3-6-16-7-4-11/h3-4,6-7,12-13H,5,8-10H2,1-2H3/t12-,13+/m0/s1. The Morgan fingerprint density at radius 2 is 2.05 bits per heavy atom. The van der Waals surface area contributed by atoms with Gasteiger partial charge in [-0.3, -0.25) is 9.78 Å². The van der Waals surface area contributed by atoms with E-state index in [1.54, 1.807) is 31.4 Å². The summed E-state index contributed by atoms with van der Waals surface area (Å²) in [5, 5.41) is 0. The van der Waals surface area contributed by atoms with Crippen molar-refractivity contribution in [3.8, 4) is 0 Å². The van der Waals surface area contributed by atoms with Gasteiger partial charge in [-0.1, -0.05) is 0 Å². The molecule has 112 valence electrons. The van der Waals surface area contributed by atoms with Gasteiger partial charge in [-0.05, 0) is 24.1 Å². The van der Waals surface area contributed by atoms with Crippen molar-refractivity contribution in [1.82, 2.24) is 19.7 Å². The fourth-order valence-electron chi connectivity index (χ4n) is 3.31. The molecule has 1 aromatic rings. The molecule has 2 atom stereocenters. The van der Waals surface area contributed by atoms with Gasteiger partial charge in [0.05, 0.1) is 12.1 Å². The zero-order chi connectivity index (χ0) is 15.0. The van der Waals surface area contributed by atoms with Gasteiger partial charge in [0.1, 0.15) is 0 Å². The van der Waals surface area contributed by atoms with Crippen LogP contribution in [0.15, 0.2) is 24.5 Å². The van der Waals surface area contributed by atoms with Crippen LogP contribution in [0.1, 0.15) is 18.4 Å². The van der Waals surface area contributed by atoms with E-state index in [2.05, 4.69) is 4.98 Å². The van der Waals surface area contributed by atoms with E-state index in [0.717, 1.165) is 18.5 Å². The SMILES string of the molecule is CN(C)C(=O)N1CC[C@H]2[C@H]1CC(=O)N2Cc1ccncc1. The van der Waals surface area contributed by atoms with Crippen LogP contribution in [0, 0.1) is 0 Å². The highest BCUT2D eigenvalue weighted by molar-refractivity contribution is 5.83. The minimum absolute atomic E-state index is 0.000983. The molecule has 6 heteroatoms. The number of hydrogen-bond donors (Lipinski definition) is 0. The largest absolute Gasteiger partial charge is 0.333 e. The van der Waals surface area contributed by atoms with E-state index in [4.69, 9.17) is 0 Å². The van der Waals surface area contributed by atoms with Crippen LogP contribution in [-0.4, -0.2) is 64.3 Å². The van der Waals surface area contributed by atoms with Gasteiger partial charge in [0.25, 0.3) is 0 Å². The van der Waals surface area contributed by atoms with Gasteiger partial charge in [0.15, 0.2) is 0 Å². The average Bonchev–Trinajstić information content (AvgIpc) is 3.00. The molecule has 0 N–H and O–H groups in total. The van der Waals surface area contributed by atoms with Crippen molar-refractivity contribution >= 4 is 11.9 Å². The highest BCUT2D eigenvalue weighted by Gasteiger charge is 2.48. The normalized spacial score (nSPS) is 24.4. The number of fused-ring (bicyclic) bond motifs is 1. The van der Waals surface area contributed by atoms with Gasteiger partial charge in [-0.25, -0.2) is 4.79 Å². The molecule has 21 heavy (non-hydrogen) atoms. The van der Waals surface area contributed by atoms with Crippen LogP contribution < -0.4 is 0 Å². The van der Waals surface area contributed by atoms with Crippen molar-refractivity contribution in [2.45, 2.75) is 31.5 Å². The molecule has 3 amide bonds. The lowest BCUT2D eigenvalue weighted by molar-refractivity contribution is -0.129. The molecule has 0 bridgehead atoms. The number of rotatable bonds is 2. The van der Waals surface area contributed by atoms with E-state index in [-0.39, 0.29) is 24.0 Å². The number of aromatic nitrogens is 1. The lowest BCUT2D eigenvalue weighted by Gasteiger charge is -2.27. The van der Waals surface area contributed by atoms with E-state index < -0.39 is 0 Å². The maximum absolute atomic E-state index is 12.3. The Kier molecular flexibility index (Phi) is 3.53. The van der Waals surface area contributed by atoms with Crippen molar-refractivity contribution in [3.63, 3.8) is 0 Å². The Morgan fingerprint density at radius 1 is 1.33 bits per heavy atom. The minimum Gasteiger partial charge on any atom is -0.333 e. The van der Waals surface area contributed by atoms with E-state index in [0.29, 0.717) is 13.0 Å². The second kappa shape index (κ2) is 5.35. The molecule has 0 unspecified atom stereocenters. The number of pyridine rings is 1. The Balaban J connectivity index is 1.75.